The van der Waals surface area contributed by atoms with E-state index in [1.165, 1.54) is 0 Å². The van der Waals surface area contributed by atoms with Crippen LogP contribution < -0.4 is 5.30 Å². The van der Waals surface area contributed by atoms with Crippen molar-refractivity contribution >= 4 is 23.7 Å². The van der Waals surface area contributed by atoms with E-state index in [0.717, 1.165) is 16.2 Å². The Balaban J connectivity index is 2.70. The second-order valence-electron chi connectivity index (χ2n) is 4.46. The van der Waals surface area contributed by atoms with Crippen molar-refractivity contribution in [2.24, 2.45) is 0 Å². The molecule has 0 aliphatic rings. The molecule has 0 aliphatic carbocycles. The number of H-pyrrole nitrogens is 1. The smallest absolute Gasteiger partial charge is 0.246 e. The van der Waals surface area contributed by atoms with Crippen LogP contribution in [0.25, 0.3) is 10.9 Å². The van der Waals surface area contributed by atoms with Gasteiger partial charge in [0.1, 0.15) is 0 Å². The molecule has 0 spiro atoms. The van der Waals surface area contributed by atoms with Crippen molar-refractivity contribution in [2.75, 3.05) is 28.2 Å². The molecule has 0 radical (unpaired) electrons. The van der Waals surface area contributed by atoms with E-state index in [2.05, 4.69) is 4.98 Å². The van der Waals surface area contributed by atoms with Crippen molar-refractivity contribution in [1.29, 1.82) is 0 Å². The highest BCUT2D eigenvalue weighted by Crippen LogP contribution is 2.49. The zero-order valence-electron chi connectivity index (χ0n) is 10.6. The normalized spacial score (nSPS) is 12.8. The number of hydrogen-bond acceptors (Lipinski definition) is 1. The number of rotatable bonds is 3. The maximum Gasteiger partial charge on any atom is 0.246 e. The van der Waals surface area contributed by atoms with Crippen molar-refractivity contribution < 1.29 is 4.57 Å². The highest BCUT2D eigenvalue weighted by molar-refractivity contribution is 7.67. The van der Waals surface area contributed by atoms with Crippen molar-refractivity contribution in [2.45, 2.75) is 0 Å². The van der Waals surface area contributed by atoms with Gasteiger partial charge in [-0.1, -0.05) is 18.2 Å². The summed E-state index contributed by atoms with van der Waals surface area (Å²) in [5.41, 5.74) is 1.02. The van der Waals surface area contributed by atoms with E-state index >= 15 is 0 Å². The molecular weight excluding hydrogens is 233 g/mol. The minimum absolute atomic E-state index is 0.864. The average Bonchev–Trinajstić information content (AvgIpc) is 2.71. The van der Waals surface area contributed by atoms with Gasteiger partial charge < -0.3 is 4.98 Å². The van der Waals surface area contributed by atoms with E-state index in [0.29, 0.717) is 0 Å². The van der Waals surface area contributed by atoms with Gasteiger partial charge in [0.05, 0.1) is 5.30 Å². The largest absolute Gasteiger partial charge is 0.360 e. The predicted molar refractivity (Wildman–Crippen MR) is 72.9 cm³/mol. The molecule has 1 heterocycles. The predicted octanol–water partition coefficient (Wildman–Crippen LogP) is 2.11. The quantitative estimate of drug-likeness (QED) is 0.849. The van der Waals surface area contributed by atoms with Gasteiger partial charge in [-0.25, -0.2) is 9.34 Å². The summed E-state index contributed by atoms with van der Waals surface area (Å²) < 4.78 is 16.7. The highest BCUT2D eigenvalue weighted by atomic mass is 31.2. The van der Waals surface area contributed by atoms with Crippen molar-refractivity contribution in [1.82, 2.24) is 14.3 Å². The first-order valence-electron chi connectivity index (χ1n) is 5.50. The first-order valence-corrected chi connectivity index (χ1v) is 7.11. The molecule has 17 heavy (non-hydrogen) atoms. The highest BCUT2D eigenvalue weighted by Gasteiger charge is 2.32. The van der Waals surface area contributed by atoms with Crippen LogP contribution in [-0.4, -0.2) is 42.5 Å². The Morgan fingerprint density at radius 3 is 2.24 bits per heavy atom. The van der Waals surface area contributed by atoms with Gasteiger partial charge in [-0.05, 0) is 34.3 Å². The Hall–Kier alpha value is -1.09. The number of aromatic nitrogens is 1. The van der Waals surface area contributed by atoms with Crippen LogP contribution in [0.5, 0.6) is 0 Å². The SMILES string of the molecule is CN(C)P(=O)(c1c[nH]c2ccccc12)N(C)C. The van der Waals surface area contributed by atoms with E-state index < -0.39 is 7.44 Å². The topological polar surface area (TPSA) is 39.3 Å². The molecule has 0 atom stereocenters. The molecule has 0 unspecified atom stereocenters. The Morgan fingerprint density at radius 1 is 1.06 bits per heavy atom. The van der Waals surface area contributed by atoms with Crippen LogP contribution in [0.15, 0.2) is 30.5 Å². The van der Waals surface area contributed by atoms with Gasteiger partial charge in [0, 0.05) is 17.1 Å². The number of fused-ring (bicyclic) bond motifs is 1. The number of benzene rings is 1. The van der Waals surface area contributed by atoms with Crippen LogP contribution in [0, 0.1) is 0 Å². The first kappa shape index (κ1) is 12.4. The molecular formula is C12H18N3OP. The molecule has 92 valence electrons. The summed E-state index contributed by atoms with van der Waals surface area (Å²) in [6.07, 6.45) is 1.85. The fourth-order valence-electron chi connectivity index (χ4n) is 2.09. The minimum atomic E-state index is -2.68. The van der Waals surface area contributed by atoms with E-state index in [-0.39, 0.29) is 0 Å². The zero-order valence-corrected chi connectivity index (χ0v) is 11.5. The second-order valence-corrected chi connectivity index (χ2v) is 7.63. The van der Waals surface area contributed by atoms with Crippen molar-refractivity contribution in [3.05, 3.63) is 30.5 Å². The van der Waals surface area contributed by atoms with Gasteiger partial charge in [0.2, 0.25) is 7.44 Å². The van der Waals surface area contributed by atoms with Gasteiger partial charge >= 0.3 is 0 Å². The molecule has 0 bridgehead atoms. The standard InChI is InChI=1S/C12H18N3OP/c1-14(2)17(16,15(3)4)12-9-13-11-8-6-5-7-10(11)12/h5-9,13H,1-4H3. The summed E-state index contributed by atoms with van der Waals surface area (Å²) in [4.78, 5) is 3.18. The van der Waals surface area contributed by atoms with E-state index in [1.54, 1.807) is 9.34 Å². The number of para-hydroxylation sites is 1. The van der Waals surface area contributed by atoms with Crippen molar-refractivity contribution in [3.8, 4) is 0 Å². The molecule has 0 fully saturated rings. The second kappa shape index (κ2) is 4.30. The fourth-order valence-corrected chi connectivity index (χ4v) is 4.40. The maximum atomic E-state index is 13.1. The molecule has 0 saturated heterocycles. The van der Waals surface area contributed by atoms with E-state index in [1.807, 2.05) is 58.7 Å². The molecule has 4 nitrogen and oxygen atoms in total. The molecule has 0 saturated carbocycles. The summed E-state index contributed by atoms with van der Waals surface area (Å²) in [5, 5.41) is 1.89. The lowest BCUT2D eigenvalue weighted by atomic mass is 10.2. The molecule has 1 aromatic heterocycles. The fraction of sp³-hybridized carbons (Fsp3) is 0.333. The van der Waals surface area contributed by atoms with Crippen LogP contribution in [0.2, 0.25) is 0 Å². The van der Waals surface area contributed by atoms with Gasteiger partial charge in [-0.3, -0.25) is 4.57 Å². The van der Waals surface area contributed by atoms with Crippen molar-refractivity contribution in [3.63, 3.8) is 0 Å². The van der Waals surface area contributed by atoms with Gasteiger partial charge in [-0.2, -0.15) is 0 Å². The lowest BCUT2D eigenvalue weighted by molar-refractivity contribution is 0.460. The summed E-state index contributed by atoms with van der Waals surface area (Å²) in [6, 6.07) is 7.93. The summed E-state index contributed by atoms with van der Waals surface area (Å²) in [7, 11) is 4.72. The lowest BCUT2D eigenvalue weighted by Crippen LogP contribution is -2.28. The molecule has 2 aromatic rings. The third kappa shape index (κ3) is 1.82. The molecule has 1 aromatic carbocycles. The van der Waals surface area contributed by atoms with E-state index in [4.69, 9.17) is 0 Å². The summed E-state index contributed by atoms with van der Waals surface area (Å²) in [6.45, 7) is 0. The van der Waals surface area contributed by atoms with Gasteiger partial charge in [-0.15, -0.1) is 0 Å². The molecule has 5 heteroatoms. The molecule has 2 rings (SSSR count). The molecule has 0 aliphatic heterocycles. The number of hydrogen-bond donors (Lipinski definition) is 1. The van der Waals surface area contributed by atoms with Gasteiger partial charge in [0.25, 0.3) is 0 Å². The summed E-state index contributed by atoms with van der Waals surface area (Å²) >= 11 is 0. The molecule has 0 amide bonds. The third-order valence-corrected chi connectivity index (χ3v) is 6.13. The number of nitrogens with one attached hydrogen (secondary N) is 1. The van der Waals surface area contributed by atoms with Crippen LogP contribution >= 0.6 is 7.44 Å². The third-order valence-electron chi connectivity index (χ3n) is 2.97. The Morgan fingerprint density at radius 2 is 1.65 bits per heavy atom. The first-order chi connectivity index (χ1) is 7.98. The number of aromatic amines is 1. The minimum Gasteiger partial charge on any atom is -0.360 e. The average molecular weight is 251 g/mol. The van der Waals surface area contributed by atoms with Crippen LogP contribution in [-0.2, 0) is 4.57 Å². The Kier molecular flexibility index (Phi) is 3.13. The van der Waals surface area contributed by atoms with Gasteiger partial charge in [0.15, 0.2) is 0 Å². The Bertz CT molecular complexity index is 562. The number of nitrogens with zero attached hydrogens (tertiary/aromatic N) is 2. The Labute approximate surface area is 102 Å². The van der Waals surface area contributed by atoms with Crippen LogP contribution in [0.3, 0.4) is 0 Å². The monoisotopic (exact) mass is 251 g/mol. The molecule has 1 N–H and O–H groups in total. The summed E-state index contributed by atoms with van der Waals surface area (Å²) in [5.74, 6) is 0. The van der Waals surface area contributed by atoms with E-state index in [9.17, 15) is 4.57 Å². The van der Waals surface area contributed by atoms with Crippen LogP contribution in [0.4, 0.5) is 0 Å². The lowest BCUT2D eigenvalue weighted by Gasteiger charge is -2.30. The van der Waals surface area contributed by atoms with Crippen LogP contribution in [0.1, 0.15) is 0 Å². The zero-order chi connectivity index (χ0) is 12.6. The maximum absolute atomic E-state index is 13.1.